The summed E-state index contributed by atoms with van der Waals surface area (Å²) < 4.78 is 0. The van der Waals surface area contributed by atoms with Crippen LogP contribution in [0.2, 0.25) is 0 Å². The van der Waals surface area contributed by atoms with E-state index in [0.29, 0.717) is 0 Å². The molecule has 0 bridgehead atoms. The van der Waals surface area contributed by atoms with Crippen LogP contribution in [0.1, 0.15) is 47.5 Å². The third-order valence-corrected chi connectivity index (χ3v) is 10.6. The smallest absolute Gasteiger partial charge is 0.0705 e. The van der Waals surface area contributed by atoms with Gasteiger partial charge in [0.1, 0.15) is 0 Å². The largest absolute Gasteiger partial charge is 0.261 e. The quantitative estimate of drug-likeness (QED) is 0.174. The van der Waals surface area contributed by atoms with Gasteiger partial charge in [-0.2, -0.15) is 0 Å². The molecule has 11 rings (SSSR count). The molecule has 8 aromatic carbocycles. The van der Waals surface area contributed by atoms with E-state index in [0.717, 1.165) is 35.3 Å². The van der Waals surface area contributed by atoms with Crippen LogP contribution in [0.5, 0.6) is 0 Å². The topological polar surface area (TPSA) is 38.7 Å². The first-order chi connectivity index (χ1) is 31.3. The molecule has 3 heteroatoms. The predicted octanol–water partition coefficient (Wildman–Crippen LogP) is 16.4. The van der Waals surface area contributed by atoms with Gasteiger partial charge in [-0.1, -0.05) is 201 Å². The molecule has 64 heavy (non-hydrogen) atoms. The van der Waals surface area contributed by atoms with E-state index < -0.39 is 0 Å². The van der Waals surface area contributed by atoms with Crippen LogP contribution in [0.25, 0.3) is 54.1 Å². The average Bonchev–Trinajstić information content (AvgIpc) is 3.35. The Labute approximate surface area is 380 Å². The molecule has 3 nitrogen and oxygen atoms in total. The number of aromatic nitrogens is 3. The molecular weight excluding hydrogens is 775 g/mol. The van der Waals surface area contributed by atoms with Crippen molar-refractivity contribution in [3.8, 4) is 0 Å². The van der Waals surface area contributed by atoms with Gasteiger partial charge in [0.2, 0.25) is 0 Å². The second kappa shape index (κ2) is 24.2. The number of para-hydroxylation sites is 2. The van der Waals surface area contributed by atoms with Gasteiger partial charge in [-0.15, -0.1) is 0 Å². The Morgan fingerprint density at radius 1 is 0.297 bits per heavy atom. The third-order valence-electron chi connectivity index (χ3n) is 10.6. The zero-order valence-electron chi connectivity index (χ0n) is 38.1. The summed E-state index contributed by atoms with van der Waals surface area (Å²) in [5.74, 6) is 0. The van der Waals surface area contributed by atoms with Crippen molar-refractivity contribution in [3.63, 3.8) is 0 Å². The summed E-state index contributed by atoms with van der Waals surface area (Å²) in [6.45, 7) is 12.5. The third kappa shape index (κ3) is 14.3. The monoisotopic (exact) mass is 833 g/mol. The standard InChI is InChI=1S/C12H12.C11H10.3C10H9N.C8H10/c1-2-10-7-8-11-5-3-4-6-12(11)9-10;1-9-6-7-10-4-2-3-5-11(10)8-9;1-8-6-9-4-2-3-5-10(9)7-11-8;1-8-6-9-4-2-3-5-10(9)11-7-8;1-8-6-7-9-4-2-3-5-10(9)11-8;1-2-8-6-4-3-5-7-8/h3-9H,2H2,1H3;2-8H,1H3;3*2-7H,1H3;3-7H,2H2,1H3. The van der Waals surface area contributed by atoms with E-state index in [-0.39, 0.29) is 0 Å². The number of hydrogen-bond acceptors (Lipinski definition) is 3. The van der Waals surface area contributed by atoms with Crippen LogP contribution in [0.3, 0.4) is 0 Å². The molecule has 0 fully saturated rings. The fourth-order valence-electron chi connectivity index (χ4n) is 7.02. The molecule has 0 aliphatic rings. The van der Waals surface area contributed by atoms with Crippen molar-refractivity contribution in [3.05, 3.63) is 258 Å². The van der Waals surface area contributed by atoms with Crippen LogP contribution in [-0.2, 0) is 12.8 Å². The molecule has 0 spiro atoms. The average molecular weight is 834 g/mol. The second-order valence-electron chi connectivity index (χ2n) is 15.7. The number of aryl methyl sites for hydroxylation is 6. The molecule has 11 aromatic rings. The van der Waals surface area contributed by atoms with Crippen molar-refractivity contribution < 1.29 is 0 Å². The van der Waals surface area contributed by atoms with Gasteiger partial charge in [-0.05, 0) is 114 Å². The number of pyridine rings is 3. The molecule has 0 saturated carbocycles. The van der Waals surface area contributed by atoms with Crippen molar-refractivity contribution in [1.29, 1.82) is 0 Å². The minimum atomic E-state index is 1.07. The van der Waals surface area contributed by atoms with Crippen LogP contribution in [0.4, 0.5) is 0 Å². The van der Waals surface area contributed by atoms with E-state index in [1.165, 1.54) is 65.3 Å². The lowest BCUT2D eigenvalue weighted by Crippen LogP contribution is -1.80. The molecular formula is C61H59N3. The summed E-state index contributed by atoms with van der Waals surface area (Å²) in [7, 11) is 0. The van der Waals surface area contributed by atoms with Crippen molar-refractivity contribution >= 4 is 54.1 Å². The Morgan fingerprint density at radius 2 is 0.781 bits per heavy atom. The molecule has 0 saturated heterocycles. The molecule has 0 atom stereocenters. The fraction of sp³-hybridized carbons (Fsp3) is 0.131. The number of nitrogens with zero attached hydrogens (tertiary/aromatic N) is 3. The van der Waals surface area contributed by atoms with Crippen molar-refractivity contribution in [2.75, 3.05) is 0 Å². The normalized spacial score (nSPS) is 10.2. The van der Waals surface area contributed by atoms with E-state index >= 15 is 0 Å². The molecule has 0 aliphatic heterocycles. The molecule has 0 amide bonds. The highest BCUT2D eigenvalue weighted by Crippen LogP contribution is 2.17. The van der Waals surface area contributed by atoms with Gasteiger partial charge in [0.15, 0.2) is 0 Å². The van der Waals surface area contributed by atoms with E-state index in [9.17, 15) is 0 Å². The summed E-state index contributed by atoms with van der Waals surface area (Å²) in [5, 5.41) is 10.2. The van der Waals surface area contributed by atoms with E-state index in [1.807, 2.05) is 86.9 Å². The van der Waals surface area contributed by atoms with E-state index in [1.54, 1.807) is 0 Å². The van der Waals surface area contributed by atoms with Gasteiger partial charge in [-0.3, -0.25) is 15.0 Å². The second-order valence-corrected chi connectivity index (χ2v) is 15.7. The number of fused-ring (bicyclic) bond motifs is 5. The SMILES string of the molecule is CCc1ccc2ccccc2c1.CCc1ccccc1.Cc1cc2ccccc2cn1.Cc1ccc2ccccc2c1.Cc1ccc2ccccc2n1.Cc1cnc2ccccc2c1. The molecule has 0 aliphatic carbocycles. The molecule has 0 unspecified atom stereocenters. The van der Waals surface area contributed by atoms with E-state index in [2.05, 4.69) is 194 Å². The van der Waals surface area contributed by atoms with Crippen molar-refractivity contribution in [1.82, 2.24) is 15.0 Å². The van der Waals surface area contributed by atoms with Crippen LogP contribution in [0, 0.1) is 27.7 Å². The Balaban J connectivity index is 0.000000128. The number of benzene rings is 8. The molecule has 0 N–H and O–H groups in total. The van der Waals surface area contributed by atoms with Crippen LogP contribution >= 0.6 is 0 Å². The highest BCUT2D eigenvalue weighted by molar-refractivity contribution is 5.84. The fourth-order valence-corrected chi connectivity index (χ4v) is 7.02. The highest BCUT2D eigenvalue weighted by atomic mass is 14.7. The summed E-state index contributed by atoms with van der Waals surface area (Å²) in [6.07, 6.45) is 6.05. The zero-order chi connectivity index (χ0) is 44.9. The van der Waals surface area contributed by atoms with Gasteiger partial charge >= 0.3 is 0 Å². The minimum Gasteiger partial charge on any atom is -0.261 e. The number of rotatable bonds is 2. The maximum absolute atomic E-state index is 4.38. The summed E-state index contributed by atoms with van der Waals surface area (Å²) in [6, 6.07) is 73.4. The lowest BCUT2D eigenvalue weighted by atomic mass is 10.1. The molecule has 3 heterocycles. The summed E-state index contributed by atoms with van der Waals surface area (Å²) in [4.78, 5) is 12.9. The molecule has 318 valence electrons. The number of hydrogen-bond donors (Lipinski definition) is 0. The zero-order valence-corrected chi connectivity index (χ0v) is 38.1. The highest BCUT2D eigenvalue weighted by Gasteiger charge is 1.95. The molecule has 0 radical (unpaired) electrons. The van der Waals surface area contributed by atoms with Crippen LogP contribution in [-0.4, -0.2) is 15.0 Å². The predicted molar refractivity (Wildman–Crippen MR) is 277 cm³/mol. The maximum Gasteiger partial charge on any atom is 0.0705 e. The van der Waals surface area contributed by atoms with Gasteiger partial charge in [0.25, 0.3) is 0 Å². The Morgan fingerprint density at radius 3 is 1.42 bits per heavy atom. The van der Waals surface area contributed by atoms with Crippen LogP contribution in [0.15, 0.2) is 225 Å². The lowest BCUT2D eigenvalue weighted by molar-refractivity contribution is 1.14. The summed E-state index contributed by atoms with van der Waals surface area (Å²) >= 11 is 0. The van der Waals surface area contributed by atoms with Gasteiger partial charge in [-0.25, -0.2) is 0 Å². The Bertz CT molecular complexity index is 2830. The lowest BCUT2D eigenvalue weighted by Gasteiger charge is -1.99. The van der Waals surface area contributed by atoms with Gasteiger partial charge in [0, 0.05) is 39.9 Å². The van der Waals surface area contributed by atoms with Crippen LogP contribution < -0.4 is 0 Å². The first-order valence-corrected chi connectivity index (χ1v) is 22.2. The van der Waals surface area contributed by atoms with E-state index in [4.69, 9.17) is 0 Å². The minimum absolute atomic E-state index is 1.07. The Kier molecular flexibility index (Phi) is 17.4. The Hall–Kier alpha value is -7.49. The first kappa shape index (κ1) is 46.0. The molecule has 3 aromatic heterocycles. The summed E-state index contributed by atoms with van der Waals surface area (Å²) in [5.41, 5.74) is 9.65. The first-order valence-electron chi connectivity index (χ1n) is 22.2. The maximum atomic E-state index is 4.38. The van der Waals surface area contributed by atoms with Crippen molar-refractivity contribution in [2.24, 2.45) is 0 Å². The van der Waals surface area contributed by atoms with Gasteiger partial charge in [0.05, 0.1) is 11.0 Å². The van der Waals surface area contributed by atoms with Crippen molar-refractivity contribution in [2.45, 2.75) is 54.4 Å². The van der Waals surface area contributed by atoms with Gasteiger partial charge < -0.3 is 0 Å².